The van der Waals surface area contributed by atoms with Gasteiger partial charge in [-0.05, 0) is 12.1 Å². The lowest BCUT2D eigenvalue weighted by molar-refractivity contribution is 0.289. The van der Waals surface area contributed by atoms with Gasteiger partial charge in [0, 0.05) is 10.9 Å². The van der Waals surface area contributed by atoms with E-state index in [4.69, 9.17) is 14.9 Å². The Morgan fingerprint density at radius 3 is 2.48 bits per heavy atom. The van der Waals surface area contributed by atoms with Crippen molar-refractivity contribution in [3.8, 4) is 12.0 Å². The van der Waals surface area contributed by atoms with Crippen LogP contribution in [0.15, 0.2) is 69.2 Å². The number of ether oxygens (including phenoxy) is 1. The minimum absolute atomic E-state index is 0.0686. The summed E-state index contributed by atoms with van der Waals surface area (Å²) in [6, 6.07) is 14.7. The van der Waals surface area contributed by atoms with E-state index in [9.17, 15) is 14.4 Å². The van der Waals surface area contributed by atoms with Gasteiger partial charge >= 0.3 is 5.63 Å². The SMILES string of the molecule is N#CC1=C(N)C(c2ccccc2F)c2c(oc(=O)c3ccccc23)O1. The minimum atomic E-state index is -0.797. The number of fused-ring (bicyclic) bond motifs is 3. The zero-order chi connectivity index (χ0) is 17.6. The third kappa shape index (κ3) is 2.17. The molecule has 0 aliphatic carbocycles. The van der Waals surface area contributed by atoms with Crippen LogP contribution in [0.5, 0.6) is 5.95 Å². The summed E-state index contributed by atoms with van der Waals surface area (Å²) in [7, 11) is 0. The van der Waals surface area contributed by atoms with Gasteiger partial charge in [-0.15, -0.1) is 0 Å². The molecule has 1 aromatic heterocycles. The number of halogens is 1. The number of hydrogen-bond acceptors (Lipinski definition) is 5. The van der Waals surface area contributed by atoms with Crippen molar-refractivity contribution >= 4 is 10.8 Å². The number of rotatable bonds is 1. The van der Waals surface area contributed by atoms with Gasteiger partial charge in [0.1, 0.15) is 11.9 Å². The standard InChI is InChI=1S/C19H11FN2O3/c20-13-8-4-3-7-12(13)15-16-10-5-1-2-6-11(10)18(23)25-19(16)24-14(9-21)17(15)22/h1-8,15H,22H2. The van der Waals surface area contributed by atoms with Crippen LogP contribution in [0.1, 0.15) is 17.0 Å². The fraction of sp³-hybridized carbons (Fsp3) is 0.0526. The van der Waals surface area contributed by atoms with Gasteiger partial charge in [0.25, 0.3) is 5.95 Å². The lowest BCUT2D eigenvalue weighted by atomic mass is 9.85. The average Bonchev–Trinajstić information content (AvgIpc) is 2.63. The Morgan fingerprint density at radius 1 is 1.08 bits per heavy atom. The van der Waals surface area contributed by atoms with Crippen LogP contribution in [-0.4, -0.2) is 0 Å². The summed E-state index contributed by atoms with van der Waals surface area (Å²) in [5.41, 5.74) is 6.30. The van der Waals surface area contributed by atoms with Crippen molar-refractivity contribution in [2.45, 2.75) is 5.92 Å². The first-order valence-electron chi connectivity index (χ1n) is 7.49. The molecule has 0 fully saturated rings. The number of benzene rings is 2. The fourth-order valence-electron chi connectivity index (χ4n) is 3.11. The fourth-order valence-corrected chi connectivity index (χ4v) is 3.11. The Balaban J connectivity index is 2.13. The molecular formula is C19H11FN2O3. The Bertz CT molecular complexity index is 1140. The summed E-state index contributed by atoms with van der Waals surface area (Å²) in [5, 5.41) is 10.2. The van der Waals surface area contributed by atoms with Crippen LogP contribution < -0.4 is 16.1 Å². The molecule has 4 rings (SSSR count). The van der Waals surface area contributed by atoms with Crippen molar-refractivity contribution in [1.29, 1.82) is 5.26 Å². The molecule has 1 unspecified atom stereocenters. The van der Waals surface area contributed by atoms with Crippen molar-refractivity contribution in [3.63, 3.8) is 0 Å². The van der Waals surface area contributed by atoms with E-state index in [0.717, 1.165) is 0 Å². The van der Waals surface area contributed by atoms with Crippen LogP contribution in [0.25, 0.3) is 10.8 Å². The lowest BCUT2D eigenvalue weighted by Crippen LogP contribution is -2.24. The number of allylic oxidation sites excluding steroid dienone is 2. The van der Waals surface area contributed by atoms with Crippen molar-refractivity contribution in [3.05, 3.63) is 87.4 Å². The van der Waals surface area contributed by atoms with Crippen molar-refractivity contribution in [2.24, 2.45) is 5.73 Å². The highest BCUT2D eigenvalue weighted by molar-refractivity contribution is 5.87. The first kappa shape index (κ1) is 15.0. The van der Waals surface area contributed by atoms with Gasteiger partial charge in [0.15, 0.2) is 0 Å². The molecule has 1 aliphatic rings. The van der Waals surface area contributed by atoms with Gasteiger partial charge in [-0.2, -0.15) is 5.26 Å². The molecule has 2 N–H and O–H groups in total. The quantitative estimate of drug-likeness (QED) is 0.738. The van der Waals surface area contributed by atoms with Gasteiger partial charge < -0.3 is 14.9 Å². The van der Waals surface area contributed by atoms with Crippen LogP contribution in [0, 0.1) is 17.1 Å². The maximum Gasteiger partial charge on any atom is 0.346 e. The second-order valence-corrected chi connectivity index (χ2v) is 5.59. The van der Waals surface area contributed by atoms with Crippen LogP contribution in [0.4, 0.5) is 4.39 Å². The topological polar surface area (TPSA) is 89.3 Å². The molecule has 0 saturated carbocycles. The first-order chi connectivity index (χ1) is 12.1. The van der Waals surface area contributed by atoms with E-state index in [-0.39, 0.29) is 23.0 Å². The third-order valence-electron chi connectivity index (χ3n) is 4.22. The molecule has 1 aliphatic heterocycles. The molecule has 0 amide bonds. The number of nitriles is 1. The molecule has 0 spiro atoms. The second-order valence-electron chi connectivity index (χ2n) is 5.59. The lowest BCUT2D eigenvalue weighted by Gasteiger charge is -2.26. The highest BCUT2D eigenvalue weighted by Gasteiger charge is 2.35. The van der Waals surface area contributed by atoms with E-state index in [1.165, 1.54) is 6.07 Å². The number of nitrogens with two attached hydrogens (primary N) is 1. The summed E-state index contributed by atoms with van der Waals surface area (Å²) in [6.45, 7) is 0. The average molecular weight is 334 g/mol. The first-order valence-corrected chi connectivity index (χ1v) is 7.49. The summed E-state index contributed by atoms with van der Waals surface area (Å²) >= 11 is 0. The maximum absolute atomic E-state index is 14.5. The largest absolute Gasteiger partial charge is 0.412 e. The van der Waals surface area contributed by atoms with Crippen LogP contribution >= 0.6 is 0 Å². The maximum atomic E-state index is 14.5. The van der Waals surface area contributed by atoms with Gasteiger partial charge in [-0.3, -0.25) is 0 Å². The second kappa shape index (κ2) is 5.49. The van der Waals surface area contributed by atoms with E-state index in [0.29, 0.717) is 16.3 Å². The minimum Gasteiger partial charge on any atom is -0.412 e. The third-order valence-corrected chi connectivity index (χ3v) is 4.22. The molecule has 0 bridgehead atoms. The highest BCUT2D eigenvalue weighted by atomic mass is 19.1. The Labute approximate surface area is 141 Å². The summed E-state index contributed by atoms with van der Waals surface area (Å²) in [4.78, 5) is 12.2. The summed E-state index contributed by atoms with van der Waals surface area (Å²) in [6.07, 6.45) is 0. The summed E-state index contributed by atoms with van der Waals surface area (Å²) in [5.74, 6) is -1.62. The molecule has 6 heteroatoms. The van der Waals surface area contributed by atoms with Crippen LogP contribution in [0.3, 0.4) is 0 Å². The van der Waals surface area contributed by atoms with E-state index in [2.05, 4.69) is 0 Å². The zero-order valence-corrected chi connectivity index (χ0v) is 12.8. The Hall–Kier alpha value is -3.59. The molecule has 5 nitrogen and oxygen atoms in total. The molecule has 2 aromatic carbocycles. The van der Waals surface area contributed by atoms with E-state index < -0.39 is 17.4 Å². The van der Waals surface area contributed by atoms with Gasteiger partial charge in [-0.25, -0.2) is 9.18 Å². The normalized spacial score (nSPS) is 16.2. The van der Waals surface area contributed by atoms with E-state index in [1.807, 2.05) is 6.07 Å². The highest BCUT2D eigenvalue weighted by Crippen LogP contribution is 2.44. The van der Waals surface area contributed by atoms with Crippen molar-refractivity contribution in [1.82, 2.24) is 0 Å². The molecule has 2 heterocycles. The predicted molar refractivity (Wildman–Crippen MR) is 88.2 cm³/mol. The molecule has 3 aromatic rings. The van der Waals surface area contributed by atoms with E-state index >= 15 is 0 Å². The van der Waals surface area contributed by atoms with Gasteiger partial charge in [0.2, 0.25) is 5.76 Å². The molecule has 25 heavy (non-hydrogen) atoms. The number of hydrogen-bond donors (Lipinski definition) is 1. The molecule has 122 valence electrons. The number of nitrogens with zero attached hydrogens (tertiary/aromatic N) is 1. The molecule has 1 atom stereocenters. The molecule has 0 saturated heterocycles. The zero-order valence-electron chi connectivity index (χ0n) is 12.8. The van der Waals surface area contributed by atoms with E-state index in [1.54, 1.807) is 42.5 Å². The summed E-state index contributed by atoms with van der Waals surface area (Å²) < 4.78 is 25.1. The molecular weight excluding hydrogens is 323 g/mol. The Kier molecular flexibility index (Phi) is 3.29. The monoisotopic (exact) mass is 334 g/mol. The smallest absolute Gasteiger partial charge is 0.346 e. The molecule has 0 radical (unpaired) electrons. The van der Waals surface area contributed by atoms with Crippen molar-refractivity contribution in [2.75, 3.05) is 0 Å². The predicted octanol–water partition coefficient (Wildman–Crippen LogP) is 3.15. The van der Waals surface area contributed by atoms with Crippen LogP contribution in [0.2, 0.25) is 0 Å². The van der Waals surface area contributed by atoms with Gasteiger partial charge in [0.05, 0.1) is 22.6 Å². The van der Waals surface area contributed by atoms with Crippen LogP contribution in [-0.2, 0) is 0 Å². The van der Waals surface area contributed by atoms with Crippen molar-refractivity contribution < 1.29 is 13.5 Å². The van der Waals surface area contributed by atoms with Gasteiger partial charge in [-0.1, -0.05) is 36.4 Å². The Morgan fingerprint density at radius 2 is 1.76 bits per heavy atom.